The van der Waals surface area contributed by atoms with Crippen LogP contribution in [0.15, 0.2) is 41.4 Å². The first kappa shape index (κ1) is 19.4. The van der Waals surface area contributed by atoms with Crippen LogP contribution in [0.5, 0.6) is 11.5 Å². The summed E-state index contributed by atoms with van der Waals surface area (Å²) >= 11 is 7.54. The molecule has 0 aliphatic heterocycles. The molecule has 1 heterocycles. The first-order valence-electron chi connectivity index (χ1n) is 8.10. The van der Waals surface area contributed by atoms with Gasteiger partial charge in [-0.25, -0.2) is 0 Å². The lowest BCUT2D eigenvalue weighted by molar-refractivity contribution is 0.213. The zero-order chi connectivity index (χ0) is 18.1. The zero-order valence-electron chi connectivity index (χ0n) is 14.7. The van der Waals surface area contributed by atoms with Crippen molar-refractivity contribution < 1.29 is 9.47 Å². The molecule has 1 aromatic carbocycles. The quantitative estimate of drug-likeness (QED) is 0.542. The lowest BCUT2D eigenvalue weighted by atomic mass is 10.3. The van der Waals surface area contributed by atoms with Gasteiger partial charge in [0.1, 0.15) is 6.10 Å². The Kier molecular flexibility index (Phi) is 7.88. The first-order chi connectivity index (χ1) is 12.1. The van der Waals surface area contributed by atoms with Crippen LogP contribution >= 0.6 is 22.9 Å². The molecule has 25 heavy (non-hydrogen) atoms. The Morgan fingerprint density at radius 3 is 2.60 bits per heavy atom. The molecular formula is C18H24ClN3O2S. The minimum Gasteiger partial charge on any atom is -0.493 e. The van der Waals surface area contributed by atoms with E-state index in [0.717, 1.165) is 34.8 Å². The molecule has 0 aliphatic carbocycles. The number of para-hydroxylation sites is 2. The van der Waals surface area contributed by atoms with Gasteiger partial charge in [0.05, 0.1) is 18.0 Å². The Bertz CT molecular complexity index is 690. The van der Waals surface area contributed by atoms with Gasteiger partial charge in [0.15, 0.2) is 17.5 Å². The molecule has 2 aromatic rings. The predicted octanol–water partition coefficient (Wildman–Crippen LogP) is 3.59. The van der Waals surface area contributed by atoms with Gasteiger partial charge in [0.25, 0.3) is 0 Å². The third-order valence-corrected chi connectivity index (χ3v) is 4.76. The maximum absolute atomic E-state index is 5.94. The average molecular weight is 382 g/mol. The molecule has 0 saturated heterocycles. The first-order valence-corrected chi connectivity index (χ1v) is 9.30. The van der Waals surface area contributed by atoms with Crippen LogP contribution in [-0.4, -0.2) is 39.3 Å². The monoisotopic (exact) mass is 381 g/mol. The Balaban J connectivity index is 1.74. The standard InChI is InChI=1S/C18H24ClN3O2S/c1-13(24-16-7-5-4-6-15(16)23-3)12-22-18(20-2)21-11-10-14-8-9-17(19)25-14/h4-9,13H,10-12H2,1-3H3,(H2,20,21,22). The van der Waals surface area contributed by atoms with Crippen LogP contribution in [0, 0.1) is 0 Å². The number of nitrogens with zero attached hydrogens (tertiary/aromatic N) is 1. The minimum atomic E-state index is -0.0362. The van der Waals surface area contributed by atoms with Crippen molar-refractivity contribution >= 4 is 28.9 Å². The number of nitrogens with one attached hydrogen (secondary N) is 2. The van der Waals surface area contributed by atoms with E-state index in [0.29, 0.717) is 6.54 Å². The van der Waals surface area contributed by atoms with E-state index in [1.807, 2.05) is 43.3 Å². The average Bonchev–Trinajstić information content (AvgIpc) is 3.03. The van der Waals surface area contributed by atoms with Crippen molar-refractivity contribution in [3.05, 3.63) is 45.6 Å². The fourth-order valence-electron chi connectivity index (χ4n) is 2.23. The topological polar surface area (TPSA) is 54.9 Å². The fourth-order valence-corrected chi connectivity index (χ4v) is 3.31. The van der Waals surface area contributed by atoms with Crippen LogP contribution in [-0.2, 0) is 6.42 Å². The van der Waals surface area contributed by atoms with Crippen molar-refractivity contribution in [2.24, 2.45) is 4.99 Å². The molecule has 2 N–H and O–H groups in total. The zero-order valence-corrected chi connectivity index (χ0v) is 16.3. The normalized spacial score (nSPS) is 12.6. The Morgan fingerprint density at radius 2 is 1.96 bits per heavy atom. The van der Waals surface area contributed by atoms with Crippen molar-refractivity contribution in [3.63, 3.8) is 0 Å². The number of rotatable bonds is 8. The third-order valence-electron chi connectivity index (χ3n) is 3.47. The Morgan fingerprint density at radius 1 is 1.20 bits per heavy atom. The second kappa shape index (κ2) is 10.2. The van der Waals surface area contributed by atoms with Crippen LogP contribution in [0.3, 0.4) is 0 Å². The highest BCUT2D eigenvalue weighted by Gasteiger charge is 2.09. The molecule has 1 unspecified atom stereocenters. The van der Waals surface area contributed by atoms with Crippen LogP contribution in [0.1, 0.15) is 11.8 Å². The minimum absolute atomic E-state index is 0.0362. The molecule has 0 spiro atoms. The van der Waals surface area contributed by atoms with Gasteiger partial charge in [-0.05, 0) is 37.6 Å². The SMILES string of the molecule is CN=C(NCCc1ccc(Cl)s1)NCC(C)Oc1ccccc1OC. The number of guanidine groups is 1. The molecule has 2 rings (SSSR count). The molecule has 1 atom stereocenters. The van der Waals surface area contributed by atoms with E-state index in [9.17, 15) is 0 Å². The van der Waals surface area contributed by atoms with E-state index < -0.39 is 0 Å². The maximum atomic E-state index is 5.94. The highest BCUT2D eigenvalue weighted by atomic mass is 35.5. The molecule has 5 nitrogen and oxygen atoms in total. The van der Waals surface area contributed by atoms with E-state index in [2.05, 4.69) is 15.6 Å². The van der Waals surface area contributed by atoms with Crippen molar-refractivity contribution in [1.82, 2.24) is 10.6 Å². The summed E-state index contributed by atoms with van der Waals surface area (Å²) < 4.78 is 12.0. The molecule has 7 heteroatoms. The number of hydrogen-bond acceptors (Lipinski definition) is 4. The highest BCUT2D eigenvalue weighted by molar-refractivity contribution is 7.16. The van der Waals surface area contributed by atoms with E-state index in [1.165, 1.54) is 4.88 Å². The molecule has 0 aliphatic rings. The number of aliphatic imine (C=N–C) groups is 1. The lowest BCUT2D eigenvalue weighted by Crippen LogP contribution is -2.42. The van der Waals surface area contributed by atoms with E-state index in [4.69, 9.17) is 21.1 Å². The molecule has 0 amide bonds. The third kappa shape index (κ3) is 6.48. The second-order valence-electron chi connectivity index (χ2n) is 5.42. The van der Waals surface area contributed by atoms with Crippen molar-refractivity contribution in [3.8, 4) is 11.5 Å². The highest BCUT2D eigenvalue weighted by Crippen LogP contribution is 2.26. The number of benzene rings is 1. The molecule has 0 fully saturated rings. The van der Waals surface area contributed by atoms with E-state index in [1.54, 1.807) is 25.5 Å². The van der Waals surface area contributed by atoms with Gasteiger partial charge in [0.2, 0.25) is 0 Å². The van der Waals surface area contributed by atoms with Gasteiger partial charge >= 0.3 is 0 Å². The van der Waals surface area contributed by atoms with Crippen LogP contribution < -0.4 is 20.1 Å². The molecule has 0 radical (unpaired) electrons. The lowest BCUT2D eigenvalue weighted by Gasteiger charge is -2.19. The molecule has 1 aromatic heterocycles. The van der Waals surface area contributed by atoms with Gasteiger partial charge in [-0.2, -0.15) is 0 Å². The summed E-state index contributed by atoms with van der Waals surface area (Å²) in [6.07, 6.45) is 0.872. The largest absolute Gasteiger partial charge is 0.493 e. The van der Waals surface area contributed by atoms with Crippen molar-refractivity contribution in [2.75, 3.05) is 27.2 Å². The summed E-state index contributed by atoms with van der Waals surface area (Å²) in [4.78, 5) is 5.48. The van der Waals surface area contributed by atoms with Gasteiger partial charge in [0, 0.05) is 18.5 Å². The molecular weight excluding hydrogens is 358 g/mol. The summed E-state index contributed by atoms with van der Waals surface area (Å²) in [7, 11) is 3.39. The number of halogens is 1. The summed E-state index contributed by atoms with van der Waals surface area (Å²) in [5.74, 6) is 2.21. The fraction of sp³-hybridized carbons (Fsp3) is 0.389. The molecule has 136 valence electrons. The summed E-state index contributed by atoms with van der Waals surface area (Å²) in [6, 6.07) is 11.6. The van der Waals surface area contributed by atoms with Crippen molar-refractivity contribution in [2.45, 2.75) is 19.4 Å². The number of methoxy groups -OCH3 is 1. The Labute approximate surface area is 158 Å². The van der Waals surface area contributed by atoms with E-state index >= 15 is 0 Å². The smallest absolute Gasteiger partial charge is 0.191 e. The van der Waals surface area contributed by atoms with Crippen LogP contribution in [0.25, 0.3) is 0 Å². The van der Waals surface area contributed by atoms with Crippen LogP contribution in [0.2, 0.25) is 4.34 Å². The van der Waals surface area contributed by atoms with Crippen molar-refractivity contribution in [1.29, 1.82) is 0 Å². The maximum Gasteiger partial charge on any atom is 0.191 e. The van der Waals surface area contributed by atoms with Gasteiger partial charge in [-0.1, -0.05) is 23.7 Å². The second-order valence-corrected chi connectivity index (χ2v) is 7.21. The summed E-state index contributed by atoms with van der Waals surface area (Å²) in [5.41, 5.74) is 0. The number of hydrogen-bond donors (Lipinski definition) is 2. The number of ether oxygens (including phenoxy) is 2. The Hall–Kier alpha value is -1.92. The molecule has 0 saturated carbocycles. The molecule has 0 bridgehead atoms. The van der Waals surface area contributed by atoms with Gasteiger partial charge in [-0.3, -0.25) is 4.99 Å². The van der Waals surface area contributed by atoms with Crippen LogP contribution in [0.4, 0.5) is 0 Å². The predicted molar refractivity (Wildman–Crippen MR) is 105 cm³/mol. The number of thiophene rings is 1. The van der Waals surface area contributed by atoms with Gasteiger partial charge in [-0.15, -0.1) is 11.3 Å². The summed E-state index contributed by atoms with van der Waals surface area (Å²) in [5, 5.41) is 6.56. The summed E-state index contributed by atoms with van der Waals surface area (Å²) in [6.45, 7) is 3.42. The van der Waals surface area contributed by atoms with E-state index in [-0.39, 0.29) is 6.10 Å². The van der Waals surface area contributed by atoms with Gasteiger partial charge < -0.3 is 20.1 Å².